The van der Waals surface area contributed by atoms with Crippen LogP contribution < -0.4 is 5.73 Å². The SMILES string of the molecule is Cc1cc(C)c(C(N)c2cc(Cl)cc(Cl)c2)c(C)c1. The molecular weight excluding hydrogens is 277 g/mol. The number of nitrogens with two attached hydrogens (primary N) is 1. The average Bonchev–Trinajstić information content (AvgIpc) is 2.25. The van der Waals surface area contributed by atoms with E-state index in [1.165, 1.54) is 16.7 Å². The third-order valence-electron chi connectivity index (χ3n) is 3.29. The number of benzene rings is 2. The first kappa shape index (κ1) is 14.4. The van der Waals surface area contributed by atoms with Gasteiger partial charge in [0.1, 0.15) is 0 Å². The van der Waals surface area contributed by atoms with E-state index in [4.69, 9.17) is 28.9 Å². The molecule has 0 spiro atoms. The minimum atomic E-state index is -0.211. The van der Waals surface area contributed by atoms with E-state index in [2.05, 4.69) is 32.9 Å². The van der Waals surface area contributed by atoms with Crippen LogP contribution in [0.4, 0.5) is 0 Å². The summed E-state index contributed by atoms with van der Waals surface area (Å²) in [6.07, 6.45) is 0. The van der Waals surface area contributed by atoms with Crippen molar-refractivity contribution in [1.82, 2.24) is 0 Å². The van der Waals surface area contributed by atoms with Crippen molar-refractivity contribution in [2.75, 3.05) is 0 Å². The lowest BCUT2D eigenvalue weighted by molar-refractivity contribution is 0.850. The maximum atomic E-state index is 6.39. The summed E-state index contributed by atoms with van der Waals surface area (Å²) in [5, 5.41) is 1.22. The van der Waals surface area contributed by atoms with Gasteiger partial charge in [0.25, 0.3) is 0 Å². The van der Waals surface area contributed by atoms with E-state index >= 15 is 0 Å². The largest absolute Gasteiger partial charge is 0.320 e. The molecular formula is C16H17Cl2N. The van der Waals surface area contributed by atoms with Gasteiger partial charge >= 0.3 is 0 Å². The van der Waals surface area contributed by atoms with Crippen molar-refractivity contribution in [3.05, 3.63) is 68.2 Å². The highest BCUT2D eigenvalue weighted by molar-refractivity contribution is 6.34. The number of hydrogen-bond donors (Lipinski definition) is 1. The lowest BCUT2D eigenvalue weighted by atomic mass is 9.90. The zero-order valence-electron chi connectivity index (χ0n) is 11.3. The van der Waals surface area contributed by atoms with Crippen molar-refractivity contribution in [2.24, 2.45) is 5.73 Å². The Balaban J connectivity index is 2.52. The standard InChI is InChI=1S/C16H17Cl2N/c1-9-4-10(2)15(11(3)5-9)16(19)12-6-13(17)8-14(18)7-12/h4-8,16H,19H2,1-3H3. The van der Waals surface area contributed by atoms with Crippen molar-refractivity contribution in [1.29, 1.82) is 0 Å². The van der Waals surface area contributed by atoms with Crippen molar-refractivity contribution in [3.8, 4) is 0 Å². The predicted molar refractivity (Wildman–Crippen MR) is 83.1 cm³/mol. The van der Waals surface area contributed by atoms with E-state index in [1.807, 2.05) is 12.1 Å². The predicted octanol–water partition coefficient (Wildman–Crippen LogP) is 4.97. The fraction of sp³-hybridized carbons (Fsp3) is 0.250. The summed E-state index contributed by atoms with van der Waals surface area (Å²) in [6, 6.07) is 9.54. The summed E-state index contributed by atoms with van der Waals surface area (Å²) < 4.78 is 0. The lowest BCUT2D eigenvalue weighted by Gasteiger charge is -2.19. The molecule has 1 nitrogen and oxygen atoms in total. The van der Waals surface area contributed by atoms with Crippen molar-refractivity contribution < 1.29 is 0 Å². The van der Waals surface area contributed by atoms with Crippen LogP contribution in [0, 0.1) is 20.8 Å². The Hall–Kier alpha value is -1.02. The summed E-state index contributed by atoms with van der Waals surface area (Å²) in [7, 11) is 0. The van der Waals surface area contributed by atoms with E-state index in [9.17, 15) is 0 Å². The zero-order valence-corrected chi connectivity index (χ0v) is 12.8. The second-order valence-electron chi connectivity index (χ2n) is 4.99. The van der Waals surface area contributed by atoms with Crippen LogP contribution in [0.25, 0.3) is 0 Å². The van der Waals surface area contributed by atoms with Crippen LogP contribution in [0.2, 0.25) is 10.0 Å². The molecule has 1 atom stereocenters. The van der Waals surface area contributed by atoms with Gasteiger partial charge in [0, 0.05) is 10.0 Å². The topological polar surface area (TPSA) is 26.0 Å². The maximum absolute atomic E-state index is 6.39. The molecule has 0 saturated heterocycles. The molecule has 0 heterocycles. The van der Waals surface area contributed by atoms with Crippen LogP contribution in [0.15, 0.2) is 30.3 Å². The third-order valence-corrected chi connectivity index (χ3v) is 3.73. The Bertz CT molecular complexity index is 577. The molecule has 2 aromatic rings. The molecule has 0 bridgehead atoms. The molecule has 0 aliphatic heterocycles. The van der Waals surface area contributed by atoms with Gasteiger partial charge in [-0.3, -0.25) is 0 Å². The first-order valence-corrected chi connectivity index (χ1v) is 6.93. The molecule has 2 N–H and O–H groups in total. The second kappa shape index (κ2) is 5.54. The van der Waals surface area contributed by atoms with Gasteiger partial charge in [-0.2, -0.15) is 0 Å². The van der Waals surface area contributed by atoms with E-state index in [0.717, 1.165) is 11.1 Å². The number of halogens is 2. The summed E-state index contributed by atoms with van der Waals surface area (Å²) in [4.78, 5) is 0. The van der Waals surface area contributed by atoms with Crippen LogP contribution in [0.5, 0.6) is 0 Å². The minimum Gasteiger partial charge on any atom is -0.320 e. The fourth-order valence-corrected chi connectivity index (χ4v) is 3.15. The Kier molecular flexibility index (Phi) is 4.19. The van der Waals surface area contributed by atoms with Gasteiger partial charge in [0.15, 0.2) is 0 Å². The van der Waals surface area contributed by atoms with Crippen LogP contribution in [-0.2, 0) is 0 Å². The Morgan fingerprint density at radius 2 is 1.32 bits per heavy atom. The van der Waals surface area contributed by atoms with Crippen LogP contribution in [0.1, 0.15) is 33.9 Å². The van der Waals surface area contributed by atoms with E-state index in [-0.39, 0.29) is 6.04 Å². The smallest absolute Gasteiger partial charge is 0.0557 e. The zero-order chi connectivity index (χ0) is 14.2. The quantitative estimate of drug-likeness (QED) is 0.831. The van der Waals surface area contributed by atoms with Gasteiger partial charge in [-0.1, -0.05) is 40.9 Å². The molecule has 2 rings (SSSR count). The molecule has 0 fully saturated rings. The number of rotatable bonds is 2. The maximum Gasteiger partial charge on any atom is 0.0557 e. The van der Waals surface area contributed by atoms with Gasteiger partial charge in [-0.15, -0.1) is 0 Å². The van der Waals surface area contributed by atoms with Gasteiger partial charge in [0.05, 0.1) is 6.04 Å². The third kappa shape index (κ3) is 3.11. The van der Waals surface area contributed by atoms with Crippen molar-refractivity contribution in [3.63, 3.8) is 0 Å². The molecule has 19 heavy (non-hydrogen) atoms. The van der Waals surface area contributed by atoms with Crippen LogP contribution in [-0.4, -0.2) is 0 Å². The molecule has 3 heteroatoms. The molecule has 0 saturated carbocycles. The highest BCUT2D eigenvalue weighted by Crippen LogP contribution is 2.30. The molecule has 0 aliphatic carbocycles. The number of hydrogen-bond acceptors (Lipinski definition) is 1. The highest BCUT2D eigenvalue weighted by Gasteiger charge is 2.15. The summed E-state index contributed by atoms with van der Waals surface area (Å²) >= 11 is 12.1. The lowest BCUT2D eigenvalue weighted by Crippen LogP contribution is -2.15. The monoisotopic (exact) mass is 293 g/mol. The Morgan fingerprint density at radius 3 is 1.79 bits per heavy atom. The van der Waals surface area contributed by atoms with E-state index in [0.29, 0.717) is 10.0 Å². The first-order chi connectivity index (χ1) is 8.88. The van der Waals surface area contributed by atoms with Gasteiger partial charge in [-0.05, 0) is 61.2 Å². The first-order valence-electron chi connectivity index (χ1n) is 6.18. The summed E-state index contributed by atoms with van der Waals surface area (Å²) in [6.45, 7) is 6.26. The molecule has 0 aromatic heterocycles. The summed E-state index contributed by atoms with van der Waals surface area (Å²) in [5.74, 6) is 0. The van der Waals surface area contributed by atoms with E-state index in [1.54, 1.807) is 6.07 Å². The summed E-state index contributed by atoms with van der Waals surface area (Å²) in [5.41, 5.74) is 12.1. The minimum absolute atomic E-state index is 0.211. The molecule has 0 radical (unpaired) electrons. The van der Waals surface area contributed by atoms with Crippen LogP contribution >= 0.6 is 23.2 Å². The Labute approximate surface area is 124 Å². The number of aryl methyl sites for hydroxylation is 3. The van der Waals surface area contributed by atoms with Gasteiger partial charge < -0.3 is 5.73 Å². The molecule has 100 valence electrons. The van der Waals surface area contributed by atoms with Crippen molar-refractivity contribution in [2.45, 2.75) is 26.8 Å². The molecule has 2 aromatic carbocycles. The second-order valence-corrected chi connectivity index (χ2v) is 5.87. The Morgan fingerprint density at radius 1 is 0.842 bits per heavy atom. The van der Waals surface area contributed by atoms with Crippen molar-refractivity contribution >= 4 is 23.2 Å². The van der Waals surface area contributed by atoms with Crippen LogP contribution in [0.3, 0.4) is 0 Å². The fourth-order valence-electron chi connectivity index (χ4n) is 2.60. The normalized spacial score (nSPS) is 12.5. The highest BCUT2D eigenvalue weighted by atomic mass is 35.5. The van der Waals surface area contributed by atoms with Gasteiger partial charge in [0.2, 0.25) is 0 Å². The molecule has 1 unspecified atom stereocenters. The molecule has 0 amide bonds. The average molecular weight is 294 g/mol. The molecule has 0 aliphatic rings. The van der Waals surface area contributed by atoms with Gasteiger partial charge in [-0.25, -0.2) is 0 Å². The van der Waals surface area contributed by atoms with E-state index < -0.39 is 0 Å².